The molecule has 1 aliphatic rings. The molecule has 0 amide bonds. The van der Waals surface area contributed by atoms with Crippen LogP contribution >= 0.6 is 11.6 Å². The topological polar surface area (TPSA) is 58.0 Å². The Morgan fingerprint density at radius 3 is 2.23 bits per heavy atom. The summed E-state index contributed by atoms with van der Waals surface area (Å²) in [7, 11) is 2.06. The second kappa shape index (κ2) is 6.44. The average molecular weight is 319 g/mol. The number of aryl methyl sites for hydroxylation is 1. The van der Waals surface area contributed by atoms with E-state index in [0.717, 1.165) is 43.4 Å². The molecule has 1 aliphatic heterocycles. The molecule has 0 bridgehead atoms. The van der Waals surface area contributed by atoms with Gasteiger partial charge in [0.1, 0.15) is 0 Å². The Kier molecular flexibility index (Phi) is 4.38. The van der Waals surface area contributed by atoms with Crippen LogP contribution in [0.4, 0.5) is 11.9 Å². The van der Waals surface area contributed by atoms with E-state index in [0.29, 0.717) is 11.1 Å². The predicted molar refractivity (Wildman–Crippen MR) is 87.4 cm³/mol. The minimum absolute atomic E-state index is 0.436. The second-order valence-electron chi connectivity index (χ2n) is 5.59. The van der Waals surface area contributed by atoms with Gasteiger partial charge >= 0.3 is 0 Å². The van der Waals surface area contributed by atoms with Crippen molar-refractivity contribution in [3.8, 4) is 0 Å². The lowest BCUT2D eigenvalue weighted by atomic mass is 10.0. The first-order chi connectivity index (χ1) is 10.6. The lowest BCUT2D eigenvalue weighted by molar-refractivity contribution is 0.473. The summed E-state index contributed by atoms with van der Waals surface area (Å²) in [5.41, 5.74) is 1.08. The monoisotopic (exact) mass is 318 g/mol. The van der Waals surface area contributed by atoms with Gasteiger partial charge in [0, 0.05) is 38.6 Å². The van der Waals surface area contributed by atoms with E-state index in [1.807, 2.05) is 19.3 Å². The zero-order valence-electron chi connectivity index (χ0n) is 12.8. The number of halogens is 1. The SMILES string of the molecule is Cc1cnc(N(C)C2CCN(c3ncc(Cl)cn3)CC2)nc1. The van der Waals surface area contributed by atoms with Crippen molar-refractivity contribution in [1.29, 1.82) is 0 Å². The zero-order chi connectivity index (χ0) is 15.5. The summed E-state index contributed by atoms with van der Waals surface area (Å²) in [5, 5.41) is 0.565. The van der Waals surface area contributed by atoms with Gasteiger partial charge in [-0.3, -0.25) is 0 Å². The maximum atomic E-state index is 5.83. The fourth-order valence-electron chi connectivity index (χ4n) is 2.65. The largest absolute Gasteiger partial charge is 0.341 e. The van der Waals surface area contributed by atoms with Crippen molar-refractivity contribution < 1.29 is 0 Å². The van der Waals surface area contributed by atoms with Crippen molar-refractivity contribution in [2.24, 2.45) is 0 Å². The van der Waals surface area contributed by atoms with Gasteiger partial charge in [-0.05, 0) is 25.3 Å². The van der Waals surface area contributed by atoms with Crippen molar-refractivity contribution in [1.82, 2.24) is 19.9 Å². The Morgan fingerprint density at radius 2 is 1.64 bits per heavy atom. The molecule has 6 nitrogen and oxygen atoms in total. The van der Waals surface area contributed by atoms with Crippen molar-refractivity contribution in [3.63, 3.8) is 0 Å². The van der Waals surface area contributed by atoms with Crippen molar-refractivity contribution >= 4 is 23.5 Å². The zero-order valence-corrected chi connectivity index (χ0v) is 13.5. The van der Waals surface area contributed by atoms with E-state index in [1.54, 1.807) is 12.4 Å². The van der Waals surface area contributed by atoms with E-state index < -0.39 is 0 Å². The number of aromatic nitrogens is 4. The lowest BCUT2D eigenvalue weighted by Crippen LogP contribution is -2.44. The van der Waals surface area contributed by atoms with Gasteiger partial charge in [0.05, 0.1) is 17.4 Å². The summed E-state index contributed by atoms with van der Waals surface area (Å²) < 4.78 is 0. The highest BCUT2D eigenvalue weighted by Crippen LogP contribution is 2.21. The number of hydrogen-bond acceptors (Lipinski definition) is 6. The van der Waals surface area contributed by atoms with E-state index in [1.165, 1.54) is 0 Å². The van der Waals surface area contributed by atoms with Crippen LogP contribution in [0.3, 0.4) is 0 Å². The molecule has 3 heterocycles. The Morgan fingerprint density at radius 1 is 1.05 bits per heavy atom. The Balaban J connectivity index is 1.61. The molecular formula is C15H19ClN6. The molecule has 0 atom stereocenters. The van der Waals surface area contributed by atoms with Crippen LogP contribution in [0.5, 0.6) is 0 Å². The Hall–Kier alpha value is -1.95. The summed E-state index contributed by atoms with van der Waals surface area (Å²) in [5.74, 6) is 1.53. The molecule has 0 aliphatic carbocycles. The Bertz CT molecular complexity index is 607. The van der Waals surface area contributed by atoms with E-state index in [2.05, 4.69) is 36.8 Å². The summed E-state index contributed by atoms with van der Waals surface area (Å²) in [6, 6.07) is 0.436. The number of anilines is 2. The maximum Gasteiger partial charge on any atom is 0.225 e. The molecule has 7 heteroatoms. The highest BCUT2D eigenvalue weighted by molar-refractivity contribution is 6.30. The number of hydrogen-bond donors (Lipinski definition) is 0. The Labute approximate surface area is 135 Å². The molecule has 0 unspecified atom stereocenters. The molecule has 1 fully saturated rings. The molecule has 2 aromatic heterocycles. The van der Waals surface area contributed by atoms with Crippen LogP contribution < -0.4 is 9.80 Å². The van der Waals surface area contributed by atoms with E-state index >= 15 is 0 Å². The normalized spacial score (nSPS) is 15.9. The van der Waals surface area contributed by atoms with Crippen LogP contribution in [0.15, 0.2) is 24.8 Å². The molecule has 1 saturated heterocycles. The number of rotatable bonds is 3. The van der Waals surface area contributed by atoms with Gasteiger partial charge in [-0.25, -0.2) is 19.9 Å². The predicted octanol–water partition coefficient (Wildman–Crippen LogP) is 2.33. The first kappa shape index (κ1) is 15.0. The highest BCUT2D eigenvalue weighted by Gasteiger charge is 2.25. The summed E-state index contributed by atoms with van der Waals surface area (Å²) in [4.78, 5) is 21.7. The molecule has 0 spiro atoms. The molecule has 22 heavy (non-hydrogen) atoms. The third-order valence-electron chi connectivity index (χ3n) is 3.98. The minimum Gasteiger partial charge on any atom is -0.341 e. The van der Waals surface area contributed by atoms with Gasteiger partial charge < -0.3 is 9.80 Å². The standard InChI is InChI=1S/C15H19ClN6/c1-11-7-17-14(18-8-11)21(2)13-3-5-22(6-4-13)15-19-9-12(16)10-20-15/h7-10,13H,3-6H2,1-2H3. The molecule has 2 aromatic rings. The average Bonchev–Trinajstić information content (AvgIpc) is 2.56. The molecule has 0 saturated carbocycles. The van der Waals surface area contributed by atoms with Crippen molar-refractivity contribution in [2.45, 2.75) is 25.8 Å². The van der Waals surface area contributed by atoms with Crippen molar-refractivity contribution in [3.05, 3.63) is 35.4 Å². The third kappa shape index (κ3) is 3.27. The third-order valence-corrected chi connectivity index (χ3v) is 4.18. The van der Waals surface area contributed by atoms with Crippen LogP contribution in [0, 0.1) is 6.92 Å². The summed E-state index contributed by atoms with van der Waals surface area (Å²) in [6.07, 6.45) is 9.05. The van der Waals surface area contributed by atoms with Crippen LogP contribution in [0.1, 0.15) is 18.4 Å². The highest BCUT2D eigenvalue weighted by atomic mass is 35.5. The van der Waals surface area contributed by atoms with Gasteiger partial charge in [-0.15, -0.1) is 0 Å². The molecular weight excluding hydrogens is 300 g/mol. The molecule has 0 radical (unpaired) electrons. The molecule has 0 aromatic carbocycles. The van der Waals surface area contributed by atoms with E-state index in [9.17, 15) is 0 Å². The van der Waals surface area contributed by atoms with Gasteiger partial charge in [0.25, 0.3) is 0 Å². The van der Waals surface area contributed by atoms with E-state index in [-0.39, 0.29) is 0 Å². The molecule has 116 valence electrons. The maximum absolute atomic E-state index is 5.83. The lowest BCUT2D eigenvalue weighted by Gasteiger charge is -2.36. The minimum atomic E-state index is 0.436. The van der Waals surface area contributed by atoms with Gasteiger partial charge in [0.2, 0.25) is 11.9 Å². The number of piperidine rings is 1. The van der Waals surface area contributed by atoms with Crippen molar-refractivity contribution in [2.75, 3.05) is 29.9 Å². The summed E-state index contributed by atoms with van der Waals surface area (Å²) >= 11 is 5.83. The smallest absolute Gasteiger partial charge is 0.225 e. The molecule has 0 N–H and O–H groups in total. The van der Waals surface area contributed by atoms with Crippen LogP contribution in [0.25, 0.3) is 0 Å². The second-order valence-corrected chi connectivity index (χ2v) is 6.03. The van der Waals surface area contributed by atoms with Gasteiger partial charge in [-0.1, -0.05) is 11.6 Å². The van der Waals surface area contributed by atoms with E-state index in [4.69, 9.17) is 11.6 Å². The summed E-state index contributed by atoms with van der Waals surface area (Å²) in [6.45, 7) is 3.83. The van der Waals surface area contributed by atoms with Crippen LogP contribution in [-0.4, -0.2) is 46.1 Å². The van der Waals surface area contributed by atoms with Gasteiger partial charge in [0.15, 0.2) is 0 Å². The fraction of sp³-hybridized carbons (Fsp3) is 0.467. The number of nitrogens with zero attached hydrogens (tertiary/aromatic N) is 6. The van der Waals surface area contributed by atoms with Crippen LogP contribution in [0.2, 0.25) is 5.02 Å². The first-order valence-corrected chi connectivity index (χ1v) is 7.75. The first-order valence-electron chi connectivity index (χ1n) is 7.37. The quantitative estimate of drug-likeness (QED) is 0.865. The molecule has 3 rings (SSSR count). The fourth-order valence-corrected chi connectivity index (χ4v) is 2.75. The van der Waals surface area contributed by atoms with Crippen LogP contribution in [-0.2, 0) is 0 Å². The van der Waals surface area contributed by atoms with Gasteiger partial charge in [-0.2, -0.15) is 0 Å².